The molecule has 0 saturated heterocycles. The number of carbonyl (C=O) groups is 2. The van der Waals surface area contributed by atoms with E-state index in [0.717, 1.165) is 0 Å². The largest absolute Gasteiger partial charge is 0.480 e. The molecule has 2 rings (SSSR count). The molecule has 174 valence electrons. The molecule has 0 saturated carbocycles. The molecule has 8 heteroatoms. The van der Waals surface area contributed by atoms with E-state index in [1.54, 1.807) is 50.2 Å². The van der Waals surface area contributed by atoms with Gasteiger partial charge in [-0.15, -0.1) is 37.5 Å². The number of nitrogens with two attached hydrogens (primary N) is 2. The lowest BCUT2D eigenvalue weighted by molar-refractivity contribution is 0.0942. The zero-order chi connectivity index (χ0) is 25.9. The first-order chi connectivity index (χ1) is 16.4. The van der Waals surface area contributed by atoms with E-state index in [0.29, 0.717) is 11.1 Å². The Morgan fingerprint density at radius 2 is 1.09 bits per heavy atom. The van der Waals surface area contributed by atoms with Crippen molar-refractivity contribution in [3.05, 3.63) is 47.5 Å². The minimum Gasteiger partial charge on any atom is -0.480 e. The van der Waals surface area contributed by atoms with Gasteiger partial charge in [-0.05, 0) is 49.2 Å². The maximum atomic E-state index is 11.9. The fourth-order valence-corrected chi connectivity index (χ4v) is 2.41. The second kappa shape index (κ2) is 16.8. The summed E-state index contributed by atoms with van der Waals surface area (Å²) >= 11 is 0. The average molecular weight is 459 g/mol. The van der Waals surface area contributed by atoms with Crippen LogP contribution in [0, 0.1) is 49.4 Å². The van der Waals surface area contributed by atoms with Crippen LogP contribution in [0.25, 0.3) is 11.1 Å². The lowest BCUT2D eigenvalue weighted by Gasteiger charge is -2.13. The van der Waals surface area contributed by atoms with E-state index in [4.69, 9.17) is 34.0 Å². The predicted octanol–water partition coefficient (Wildman–Crippen LogP) is 1.86. The zero-order valence-corrected chi connectivity index (χ0v) is 19.0. The number of amides is 2. The molecular formula is C26H26N4O4. The van der Waals surface area contributed by atoms with Crippen LogP contribution in [0.3, 0.4) is 0 Å². The van der Waals surface area contributed by atoms with Crippen LogP contribution in [0.2, 0.25) is 0 Å². The van der Waals surface area contributed by atoms with E-state index in [9.17, 15) is 9.59 Å². The molecule has 2 amide bonds. The van der Waals surface area contributed by atoms with Gasteiger partial charge >= 0.3 is 0 Å². The SMILES string of the molecule is C#CC.C#CC.C#CCOc1cc(-c2ccc(C(=O)NN)c(OCC#C)c2)ccc1C(=O)NN. The van der Waals surface area contributed by atoms with Crippen molar-refractivity contribution in [2.45, 2.75) is 13.8 Å². The molecule has 6 N–H and O–H groups in total. The molecule has 0 unspecified atom stereocenters. The van der Waals surface area contributed by atoms with Crippen LogP contribution in [0.15, 0.2) is 36.4 Å². The van der Waals surface area contributed by atoms with Crippen LogP contribution >= 0.6 is 0 Å². The lowest BCUT2D eigenvalue weighted by atomic mass is 10.0. The normalized spacial score (nSPS) is 8.35. The molecule has 34 heavy (non-hydrogen) atoms. The first-order valence-electron chi connectivity index (χ1n) is 9.56. The van der Waals surface area contributed by atoms with Gasteiger partial charge in [0.25, 0.3) is 11.8 Å². The third-order valence-corrected chi connectivity index (χ3v) is 3.67. The number of hydrogen-bond donors (Lipinski definition) is 4. The van der Waals surface area contributed by atoms with Gasteiger partial charge in [0.15, 0.2) is 0 Å². The van der Waals surface area contributed by atoms with Crippen molar-refractivity contribution in [3.63, 3.8) is 0 Å². The van der Waals surface area contributed by atoms with E-state index in [-0.39, 0.29) is 35.8 Å². The molecule has 0 aliphatic rings. The van der Waals surface area contributed by atoms with Crippen molar-refractivity contribution in [2.75, 3.05) is 13.2 Å². The number of hydrazine groups is 2. The second-order valence-electron chi connectivity index (χ2n) is 5.93. The summed E-state index contributed by atoms with van der Waals surface area (Å²) in [6.07, 6.45) is 19.6. The van der Waals surface area contributed by atoms with Crippen molar-refractivity contribution in [1.29, 1.82) is 0 Å². The molecule has 0 spiro atoms. The number of rotatable bonds is 7. The highest BCUT2D eigenvalue weighted by atomic mass is 16.5. The molecule has 0 fully saturated rings. The third-order valence-electron chi connectivity index (χ3n) is 3.67. The van der Waals surface area contributed by atoms with Crippen LogP contribution in [-0.4, -0.2) is 25.0 Å². The quantitative estimate of drug-likeness (QED) is 0.217. The molecule has 0 aromatic heterocycles. The Bertz CT molecular complexity index is 1050. The first kappa shape index (κ1) is 29.1. The maximum Gasteiger partial charge on any atom is 0.268 e. The van der Waals surface area contributed by atoms with Gasteiger partial charge in [0.2, 0.25) is 0 Å². The topological polar surface area (TPSA) is 129 Å². The number of carbonyl (C=O) groups excluding carboxylic acids is 2. The Hall–Kier alpha value is -4.86. The highest BCUT2D eigenvalue weighted by Gasteiger charge is 2.16. The third kappa shape index (κ3) is 9.10. The van der Waals surface area contributed by atoms with Crippen LogP contribution < -0.4 is 32.0 Å². The Morgan fingerprint density at radius 3 is 1.35 bits per heavy atom. The summed E-state index contributed by atoms with van der Waals surface area (Å²) in [4.78, 5) is 23.8. The highest BCUT2D eigenvalue weighted by Crippen LogP contribution is 2.31. The average Bonchev–Trinajstić information content (AvgIpc) is 2.85. The molecule has 0 heterocycles. The van der Waals surface area contributed by atoms with Crippen LogP contribution in [0.4, 0.5) is 0 Å². The summed E-state index contributed by atoms with van der Waals surface area (Å²) in [6.45, 7) is 3.25. The minimum absolute atomic E-state index is 0.0273. The Labute approximate surface area is 200 Å². The fraction of sp³-hybridized carbons (Fsp3) is 0.154. The molecule has 0 bridgehead atoms. The fourth-order valence-electron chi connectivity index (χ4n) is 2.41. The van der Waals surface area contributed by atoms with Crippen LogP contribution in [0.5, 0.6) is 11.5 Å². The summed E-state index contributed by atoms with van der Waals surface area (Å²) in [5, 5.41) is 0. The van der Waals surface area contributed by atoms with Gasteiger partial charge < -0.3 is 9.47 Å². The summed E-state index contributed by atoms with van der Waals surface area (Å²) in [7, 11) is 0. The van der Waals surface area contributed by atoms with Gasteiger partial charge in [0.05, 0.1) is 11.1 Å². The van der Waals surface area contributed by atoms with Crippen molar-refractivity contribution < 1.29 is 19.1 Å². The molecule has 2 aromatic carbocycles. The molecule has 0 aliphatic carbocycles. The van der Waals surface area contributed by atoms with E-state index in [2.05, 4.69) is 47.4 Å². The molecular weight excluding hydrogens is 432 g/mol. The molecule has 0 radical (unpaired) electrons. The highest BCUT2D eigenvalue weighted by molar-refractivity contribution is 5.98. The first-order valence-corrected chi connectivity index (χ1v) is 9.56. The Morgan fingerprint density at radius 1 is 0.765 bits per heavy atom. The monoisotopic (exact) mass is 458 g/mol. The minimum atomic E-state index is -0.522. The number of ether oxygens (including phenoxy) is 2. The van der Waals surface area contributed by atoms with Gasteiger partial charge in [0.1, 0.15) is 24.7 Å². The summed E-state index contributed by atoms with van der Waals surface area (Å²) in [5.74, 6) is 19.0. The number of hydrogen-bond acceptors (Lipinski definition) is 6. The van der Waals surface area contributed by atoms with Crippen molar-refractivity contribution >= 4 is 11.8 Å². The van der Waals surface area contributed by atoms with Gasteiger partial charge in [-0.2, -0.15) is 0 Å². The Balaban J connectivity index is 0.00000164. The lowest BCUT2D eigenvalue weighted by Crippen LogP contribution is -2.30. The number of terminal acetylenes is 4. The Kier molecular flexibility index (Phi) is 14.4. The van der Waals surface area contributed by atoms with Gasteiger partial charge in [-0.25, -0.2) is 11.7 Å². The zero-order valence-electron chi connectivity index (χ0n) is 19.0. The van der Waals surface area contributed by atoms with Crippen molar-refractivity contribution in [2.24, 2.45) is 11.7 Å². The standard InChI is InChI=1S/C20H18N4O4.2C3H4/c1-3-9-27-17-11-13(5-7-15(17)19(25)23-21)14-6-8-16(20(26)24-22)18(12-14)28-10-4-2;2*1-3-2/h1-2,5-8,11-12H,9-10,21-22H2,(H,23,25)(H,24,26);2*1H,2H3. The van der Waals surface area contributed by atoms with E-state index >= 15 is 0 Å². The summed E-state index contributed by atoms with van der Waals surface area (Å²) < 4.78 is 10.9. The van der Waals surface area contributed by atoms with Crippen molar-refractivity contribution in [3.8, 4) is 72.0 Å². The smallest absolute Gasteiger partial charge is 0.268 e. The van der Waals surface area contributed by atoms with Crippen molar-refractivity contribution in [1.82, 2.24) is 10.9 Å². The van der Waals surface area contributed by atoms with Gasteiger partial charge in [0, 0.05) is 0 Å². The van der Waals surface area contributed by atoms with Gasteiger partial charge in [-0.3, -0.25) is 20.4 Å². The van der Waals surface area contributed by atoms with Crippen LogP contribution in [0.1, 0.15) is 34.6 Å². The number of nitrogens with one attached hydrogen (secondary N) is 2. The van der Waals surface area contributed by atoms with E-state index < -0.39 is 11.8 Å². The predicted molar refractivity (Wildman–Crippen MR) is 133 cm³/mol. The molecule has 0 aliphatic heterocycles. The molecule has 8 nitrogen and oxygen atoms in total. The number of nitrogen functional groups attached to an aromatic ring is 2. The van der Waals surface area contributed by atoms with E-state index in [1.807, 2.05) is 0 Å². The van der Waals surface area contributed by atoms with Gasteiger partial charge in [-0.1, -0.05) is 24.0 Å². The maximum absolute atomic E-state index is 11.9. The van der Waals surface area contributed by atoms with E-state index in [1.165, 1.54) is 0 Å². The second-order valence-corrected chi connectivity index (χ2v) is 5.93. The summed E-state index contributed by atoms with van der Waals surface area (Å²) in [6, 6.07) is 9.74. The summed E-state index contributed by atoms with van der Waals surface area (Å²) in [5.41, 5.74) is 5.93. The van der Waals surface area contributed by atoms with Crippen LogP contribution in [-0.2, 0) is 0 Å². The molecule has 0 atom stereocenters. The molecule has 2 aromatic rings. The number of benzene rings is 2.